The highest BCUT2D eigenvalue weighted by atomic mass is 127. The number of nitrogens with zero attached hydrogens (tertiary/aromatic N) is 2. The summed E-state index contributed by atoms with van der Waals surface area (Å²) in [6.45, 7) is 0.951. The Labute approximate surface area is 177 Å². The fraction of sp³-hybridized carbons (Fsp3) is 0.611. The number of hydrogen-bond donors (Lipinski definition) is 3. The molecule has 1 aromatic heterocycles. The van der Waals surface area contributed by atoms with Crippen molar-refractivity contribution in [3.63, 3.8) is 0 Å². The molecule has 0 bridgehead atoms. The van der Waals surface area contributed by atoms with Gasteiger partial charge in [-0.15, -0.1) is 24.0 Å². The normalized spacial score (nSPS) is 15.6. The lowest BCUT2D eigenvalue weighted by atomic mass is 9.84. The molecule has 0 spiro atoms. The zero-order valence-corrected chi connectivity index (χ0v) is 18.5. The summed E-state index contributed by atoms with van der Waals surface area (Å²) in [6, 6.07) is 3.58. The number of nitrogens with one attached hydrogen (secondary N) is 3. The lowest BCUT2D eigenvalue weighted by Crippen LogP contribution is -2.50. The van der Waals surface area contributed by atoms with Crippen molar-refractivity contribution in [3.05, 3.63) is 24.2 Å². The van der Waals surface area contributed by atoms with Crippen molar-refractivity contribution in [1.82, 2.24) is 20.9 Å². The number of aliphatic imine (C=N–C) groups is 1. The minimum absolute atomic E-state index is 0. The Morgan fingerprint density at radius 3 is 2.48 bits per heavy atom. The van der Waals surface area contributed by atoms with E-state index in [1.165, 1.54) is 0 Å². The first-order chi connectivity index (χ1) is 12.5. The SMILES string of the molecule is CN=C(NCC(=O)NCc1ccco1)NCC1(C(=O)N(C)C)CCCC1.I. The number of furan rings is 1. The zero-order valence-electron chi connectivity index (χ0n) is 16.2. The van der Waals surface area contributed by atoms with E-state index in [4.69, 9.17) is 4.42 Å². The second kappa shape index (κ2) is 11.2. The van der Waals surface area contributed by atoms with Crippen molar-refractivity contribution >= 4 is 41.8 Å². The molecular formula is C18H30IN5O3. The number of hydrogen-bond acceptors (Lipinski definition) is 4. The van der Waals surface area contributed by atoms with Gasteiger partial charge in [-0.2, -0.15) is 0 Å². The predicted octanol–water partition coefficient (Wildman–Crippen LogP) is 1.33. The minimum atomic E-state index is -0.386. The monoisotopic (exact) mass is 491 g/mol. The van der Waals surface area contributed by atoms with E-state index in [2.05, 4.69) is 20.9 Å². The molecule has 0 radical (unpaired) electrons. The summed E-state index contributed by atoms with van der Waals surface area (Å²) in [5.41, 5.74) is -0.386. The van der Waals surface area contributed by atoms with Gasteiger partial charge in [0.1, 0.15) is 5.76 Å². The molecule has 0 saturated heterocycles. The Balaban J connectivity index is 0.00000364. The van der Waals surface area contributed by atoms with Crippen LogP contribution in [0.4, 0.5) is 0 Å². The van der Waals surface area contributed by atoms with Gasteiger partial charge in [0.15, 0.2) is 5.96 Å². The van der Waals surface area contributed by atoms with E-state index in [1.807, 2.05) is 0 Å². The van der Waals surface area contributed by atoms with Gasteiger partial charge < -0.3 is 25.3 Å². The third-order valence-electron chi connectivity index (χ3n) is 4.69. The van der Waals surface area contributed by atoms with Crippen molar-refractivity contribution < 1.29 is 14.0 Å². The van der Waals surface area contributed by atoms with Crippen molar-refractivity contribution in [2.75, 3.05) is 34.2 Å². The molecule has 1 aliphatic carbocycles. The minimum Gasteiger partial charge on any atom is -0.467 e. The molecule has 1 aliphatic rings. The van der Waals surface area contributed by atoms with Gasteiger partial charge in [-0.3, -0.25) is 14.6 Å². The van der Waals surface area contributed by atoms with Gasteiger partial charge in [0.05, 0.1) is 24.8 Å². The second-order valence-corrected chi connectivity index (χ2v) is 6.82. The van der Waals surface area contributed by atoms with E-state index >= 15 is 0 Å². The number of amides is 2. The van der Waals surface area contributed by atoms with E-state index in [0.29, 0.717) is 24.8 Å². The van der Waals surface area contributed by atoms with Gasteiger partial charge in [0.25, 0.3) is 0 Å². The lowest BCUT2D eigenvalue weighted by molar-refractivity contribution is -0.138. The first-order valence-electron chi connectivity index (χ1n) is 8.92. The molecular weight excluding hydrogens is 461 g/mol. The molecule has 152 valence electrons. The molecule has 1 saturated carbocycles. The van der Waals surface area contributed by atoms with Crippen LogP contribution in [0.15, 0.2) is 27.8 Å². The molecule has 0 aliphatic heterocycles. The largest absolute Gasteiger partial charge is 0.467 e. The predicted molar refractivity (Wildman–Crippen MR) is 115 cm³/mol. The summed E-state index contributed by atoms with van der Waals surface area (Å²) in [6.07, 6.45) is 5.43. The van der Waals surface area contributed by atoms with Crippen LogP contribution < -0.4 is 16.0 Å². The quantitative estimate of drug-likeness (QED) is 0.304. The van der Waals surface area contributed by atoms with Gasteiger partial charge in [-0.25, -0.2) is 0 Å². The van der Waals surface area contributed by atoms with E-state index < -0.39 is 0 Å². The Morgan fingerprint density at radius 1 is 1.22 bits per heavy atom. The maximum atomic E-state index is 12.6. The van der Waals surface area contributed by atoms with E-state index in [1.54, 1.807) is 44.4 Å². The average Bonchev–Trinajstić information content (AvgIpc) is 3.31. The van der Waals surface area contributed by atoms with Crippen LogP contribution in [0.2, 0.25) is 0 Å². The van der Waals surface area contributed by atoms with Crippen LogP contribution in [0.25, 0.3) is 0 Å². The molecule has 1 fully saturated rings. The Bertz CT molecular complexity index is 625. The summed E-state index contributed by atoms with van der Waals surface area (Å²) >= 11 is 0. The molecule has 3 N–H and O–H groups in total. The summed E-state index contributed by atoms with van der Waals surface area (Å²) in [5.74, 6) is 1.20. The maximum absolute atomic E-state index is 12.6. The Morgan fingerprint density at radius 2 is 1.93 bits per heavy atom. The highest BCUT2D eigenvalue weighted by Gasteiger charge is 2.42. The number of halogens is 1. The third kappa shape index (κ3) is 6.71. The Kier molecular flexibility index (Phi) is 9.61. The molecule has 0 aromatic carbocycles. The van der Waals surface area contributed by atoms with Gasteiger partial charge in [-0.05, 0) is 25.0 Å². The van der Waals surface area contributed by atoms with Gasteiger partial charge in [0.2, 0.25) is 11.8 Å². The number of rotatable bonds is 7. The summed E-state index contributed by atoms with van der Waals surface area (Å²) in [7, 11) is 5.23. The van der Waals surface area contributed by atoms with E-state index in [0.717, 1.165) is 25.7 Å². The van der Waals surface area contributed by atoms with E-state index in [-0.39, 0.29) is 47.8 Å². The lowest BCUT2D eigenvalue weighted by Gasteiger charge is -2.31. The smallest absolute Gasteiger partial charge is 0.239 e. The molecule has 1 heterocycles. The third-order valence-corrected chi connectivity index (χ3v) is 4.69. The topological polar surface area (TPSA) is 99.0 Å². The van der Waals surface area contributed by atoms with Crippen molar-refractivity contribution in [3.8, 4) is 0 Å². The van der Waals surface area contributed by atoms with Crippen LogP contribution in [-0.2, 0) is 16.1 Å². The van der Waals surface area contributed by atoms with Crippen LogP contribution in [-0.4, -0.2) is 56.9 Å². The van der Waals surface area contributed by atoms with Crippen LogP contribution in [0.1, 0.15) is 31.4 Å². The van der Waals surface area contributed by atoms with Crippen LogP contribution in [0, 0.1) is 5.41 Å². The molecule has 2 rings (SSSR count). The van der Waals surface area contributed by atoms with Crippen molar-refractivity contribution in [2.45, 2.75) is 32.2 Å². The fourth-order valence-corrected chi connectivity index (χ4v) is 3.29. The average molecular weight is 491 g/mol. The first-order valence-corrected chi connectivity index (χ1v) is 8.92. The van der Waals surface area contributed by atoms with Crippen molar-refractivity contribution in [1.29, 1.82) is 0 Å². The van der Waals surface area contributed by atoms with Gasteiger partial charge >= 0.3 is 0 Å². The van der Waals surface area contributed by atoms with Gasteiger partial charge in [-0.1, -0.05) is 12.8 Å². The molecule has 9 heteroatoms. The molecule has 27 heavy (non-hydrogen) atoms. The number of carbonyl (C=O) groups excluding carboxylic acids is 2. The van der Waals surface area contributed by atoms with E-state index in [9.17, 15) is 9.59 Å². The van der Waals surface area contributed by atoms with Crippen LogP contribution in [0.3, 0.4) is 0 Å². The maximum Gasteiger partial charge on any atom is 0.239 e. The second-order valence-electron chi connectivity index (χ2n) is 6.82. The number of guanidine groups is 1. The summed E-state index contributed by atoms with van der Waals surface area (Å²) in [5, 5.41) is 8.95. The summed E-state index contributed by atoms with van der Waals surface area (Å²) < 4.78 is 5.17. The van der Waals surface area contributed by atoms with Crippen LogP contribution in [0.5, 0.6) is 0 Å². The first kappa shape index (κ1) is 23.3. The number of carbonyl (C=O) groups is 2. The van der Waals surface area contributed by atoms with Crippen LogP contribution >= 0.6 is 24.0 Å². The zero-order chi connectivity index (χ0) is 19.0. The highest BCUT2D eigenvalue weighted by Crippen LogP contribution is 2.38. The highest BCUT2D eigenvalue weighted by molar-refractivity contribution is 14.0. The summed E-state index contributed by atoms with van der Waals surface area (Å²) in [4.78, 5) is 30.3. The molecule has 2 amide bonds. The van der Waals surface area contributed by atoms with Crippen molar-refractivity contribution in [2.24, 2.45) is 10.4 Å². The molecule has 1 aromatic rings. The Hall–Kier alpha value is -1.78. The van der Waals surface area contributed by atoms with Gasteiger partial charge in [0, 0.05) is 27.7 Å². The molecule has 8 nitrogen and oxygen atoms in total. The molecule has 0 unspecified atom stereocenters. The standard InChI is InChI=1S/C18H29N5O3.HI/c1-19-17(21-12-15(24)20-11-14-7-6-10-26-14)22-13-18(8-4-5-9-18)16(25)23(2)3;/h6-7,10H,4-5,8-9,11-13H2,1-3H3,(H,20,24)(H2,19,21,22);1H. The fourth-order valence-electron chi connectivity index (χ4n) is 3.29. The molecule has 0 atom stereocenters.